The third-order valence-corrected chi connectivity index (χ3v) is 4.80. The van der Waals surface area contributed by atoms with E-state index in [0.717, 1.165) is 25.2 Å². The van der Waals surface area contributed by atoms with Crippen LogP contribution in [0.15, 0.2) is 48.5 Å². The van der Waals surface area contributed by atoms with Gasteiger partial charge in [-0.05, 0) is 29.7 Å². The Morgan fingerprint density at radius 1 is 1.22 bits per heavy atom. The molecule has 1 aliphatic heterocycles. The molecular formula is C20H25N3O3S. The van der Waals surface area contributed by atoms with Gasteiger partial charge in [-0.1, -0.05) is 43.1 Å². The summed E-state index contributed by atoms with van der Waals surface area (Å²) in [4.78, 5) is 14.2. The van der Waals surface area contributed by atoms with Crippen LogP contribution in [0.3, 0.4) is 0 Å². The van der Waals surface area contributed by atoms with Gasteiger partial charge < -0.3 is 19.9 Å². The van der Waals surface area contributed by atoms with Crippen LogP contribution < -0.4 is 14.8 Å². The van der Waals surface area contributed by atoms with E-state index >= 15 is 0 Å². The highest BCUT2D eigenvalue weighted by molar-refractivity contribution is 7.81. The van der Waals surface area contributed by atoms with Gasteiger partial charge in [0, 0.05) is 37.9 Å². The van der Waals surface area contributed by atoms with Gasteiger partial charge in [0.25, 0.3) is 5.91 Å². The molecule has 6 nitrogen and oxygen atoms in total. The first kappa shape index (κ1) is 19.5. The minimum atomic E-state index is -0.615. The molecule has 27 heavy (non-hydrogen) atoms. The number of fused-ring (bicyclic) bond motifs is 1. The number of amides is 1. The van der Waals surface area contributed by atoms with Crippen LogP contribution in [0, 0.1) is 0 Å². The third-order valence-electron chi connectivity index (χ3n) is 4.55. The van der Waals surface area contributed by atoms with Crippen LogP contribution in [0.1, 0.15) is 11.1 Å². The Morgan fingerprint density at radius 2 is 2.04 bits per heavy atom. The molecule has 1 unspecified atom stereocenters. The Labute approximate surface area is 165 Å². The summed E-state index contributed by atoms with van der Waals surface area (Å²) in [6, 6.07) is 15.6. The van der Waals surface area contributed by atoms with Crippen molar-refractivity contribution < 1.29 is 14.6 Å². The largest absolute Gasteiger partial charge is 0.484 e. The molecule has 1 amide bonds. The standard InChI is InChI=1S/C20H25N3O3S/c24-18(13-23-9-8-15-4-1-2-5-16(15)12-23)11-21-20(25)14-26-19-7-3-6-17(10-19)22-27/h1-7,10,18,22,24,27H,8-9,11-14H2,(H,21,25). The fourth-order valence-electron chi connectivity index (χ4n) is 3.16. The maximum atomic E-state index is 11.9. The van der Waals surface area contributed by atoms with Crippen molar-refractivity contribution in [3.63, 3.8) is 0 Å². The van der Waals surface area contributed by atoms with Gasteiger partial charge in [-0.25, -0.2) is 0 Å². The van der Waals surface area contributed by atoms with Crippen molar-refractivity contribution in [3.05, 3.63) is 59.7 Å². The predicted octanol–water partition coefficient (Wildman–Crippen LogP) is 1.86. The molecule has 0 saturated carbocycles. The molecule has 0 aromatic heterocycles. The molecule has 2 aromatic rings. The van der Waals surface area contributed by atoms with Crippen LogP contribution in [0.5, 0.6) is 5.75 Å². The number of β-amino-alcohol motifs (C(OH)–C–C–N with tert-alkyl or cyclic N) is 1. The number of anilines is 1. The lowest BCUT2D eigenvalue weighted by Crippen LogP contribution is -2.42. The molecule has 3 N–H and O–H groups in total. The summed E-state index contributed by atoms with van der Waals surface area (Å²) in [5.74, 6) is 0.319. The number of nitrogens with zero attached hydrogens (tertiary/aromatic N) is 1. The van der Waals surface area contributed by atoms with Crippen molar-refractivity contribution in [1.82, 2.24) is 10.2 Å². The number of nitrogens with one attached hydrogen (secondary N) is 2. The first-order chi connectivity index (χ1) is 13.1. The number of rotatable bonds is 8. The number of ether oxygens (including phenoxy) is 1. The van der Waals surface area contributed by atoms with Gasteiger partial charge in [0.15, 0.2) is 6.61 Å². The van der Waals surface area contributed by atoms with E-state index in [-0.39, 0.29) is 19.1 Å². The van der Waals surface area contributed by atoms with Crippen LogP contribution in [-0.4, -0.2) is 48.3 Å². The molecule has 1 heterocycles. The van der Waals surface area contributed by atoms with E-state index in [1.165, 1.54) is 11.1 Å². The first-order valence-electron chi connectivity index (χ1n) is 9.01. The maximum Gasteiger partial charge on any atom is 0.258 e. The van der Waals surface area contributed by atoms with Gasteiger partial charge in [0.1, 0.15) is 5.75 Å². The Bertz CT molecular complexity index is 772. The van der Waals surface area contributed by atoms with Gasteiger partial charge >= 0.3 is 0 Å². The fraction of sp³-hybridized carbons (Fsp3) is 0.350. The zero-order valence-corrected chi connectivity index (χ0v) is 16.0. The maximum absolute atomic E-state index is 11.9. The van der Waals surface area contributed by atoms with E-state index in [9.17, 15) is 9.90 Å². The highest BCUT2D eigenvalue weighted by atomic mass is 32.1. The molecule has 0 aliphatic carbocycles. The molecule has 0 spiro atoms. The van der Waals surface area contributed by atoms with Crippen LogP contribution in [-0.2, 0) is 17.8 Å². The second kappa shape index (κ2) is 9.64. The second-order valence-electron chi connectivity index (χ2n) is 6.64. The van der Waals surface area contributed by atoms with Crippen LogP contribution in [0.25, 0.3) is 0 Å². The number of hydrogen-bond donors (Lipinski definition) is 4. The normalized spacial score (nSPS) is 14.9. The predicted molar refractivity (Wildman–Crippen MR) is 109 cm³/mol. The molecule has 0 bridgehead atoms. The molecule has 0 fully saturated rings. The van der Waals surface area contributed by atoms with Crippen molar-refractivity contribution in [2.24, 2.45) is 0 Å². The minimum Gasteiger partial charge on any atom is -0.484 e. The van der Waals surface area contributed by atoms with Crippen molar-refractivity contribution in [3.8, 4) is 5.75 Å². The number of carbonyl (C=O) groups excluding carboxylic acids is 1. The molecule has 1 aliphatic rings. The smallest absolute Gasteiger partial charge is 0.258 e. The van der Waals surface area contributed by atoms with Crippen molar-refractivity contribution in [2.75, 3.05) is 31.0 Å². The topological polar surface area (TPSA) is 73.8 Å². The average Bonchev–Trinajstić information content (AvgIpc) is 2.71. The van der Waals surface area contributed by atoms with Crippen LogP contribution in [0.2, 0.25) is 0 Å². The number of carbonyl (C=O) groups is 1. The molecule has 3 rings (SSSR count). The van der Waals surface area contributed by atoms with Gasteiger partial charge in [-0.2, -0.15) is 0 Å². The SMILES string of the molecule is O=C(COc1cccc(NS)c1)NCC(O)CN1CCc2ccccc2C1. The molecule has 1 atom stereocenters. The summed E-state index contributed by atoms with van der Waals surface area (Å²) >= 11 is 3.98. The summed E-state index contributed by atoms with van der Waals surface area (Å²) in [7, 11) is 0. The highest BCUT2D eigenvalue weighted by Gasteiger charge is 2.18. The Morgan fingerprint density at radius 3 is 2.85 bits per heavy atom. The highest BCUT2D eigenvalue weighted by Crippen LogP contribution is 2.19. The summed E-state index contributed by atoms with van der Waals surface area (Å²) in [6.07, 6.45) is 0.374. The molecule has 0 saturated heterocycles. The summed E-state index contributed by atoms with van der Waals surface area (Å²) in [5, 5.41) is 13.0. The monoisotopic (exact) mass is 387 g/mol. The molecular weight excluding hydrogens is 362 g/mol. The number of aliphatic hydroxyl groups is 1. The van der Waals surface area contributed by atoms with E-state index in [0.29, 0.717) is 12.3 Å². The lowest BCUT2D eigenvalue weighted by atomic mass is 10.00. The van der Waals surface area contributed by atoms with Gasteiger partial charge in [-0.3, -0.25) is 9.69 Å². The number of thiol groups is 1. The Hall–Kier alpha value is -2.22. The number of hydrogen-bond acceptors (Lipinski definition) is 6. The second-order valence-corrected chi connectivity index (χ2v) is 6.86. The van der Waals surface area contributed by atoms with E-state index in [1.807, 2.05) is 18.2 Å². The fourth-order valence-corrected chi connectivity index (χ4v) is 3.30. The molecule has 144 valence electrons. The zero-order chi connectivity index (χ0) is 19.1. The zero-order valence-electron chi connectivity index (χ0n) is 15.1. The van der Waals surface area contributed by atoms with E-state index in [4.69, 9.17) is 4.74 Å². The van der Waals surface area contributed by atoms with Crippen molar-refractivity contribution >= 4 is 24.4 Å². The average molecular weight is 388 g/mol. The number of aliphatic hydroxyl groups excluding tert-OH is 1. The van der Waals surface area contributed by atoms with E-state index < -0.39 is 6.10 Å². The summed E-state index contributed by atoms with van der Waals surface area (Å²) in [5.41, 5.74) is 3.48. The number of benzene rings is 2. The summed E-state index contributed by atoms with van der Waals surface area (Å²) < 4.78 is 8.17. The summed E-state index contributed by atoms with van der Waals surface area (Å²) in [6.45, 7) is 2.39. The first-order valence-corrected chi connectivity index (χ1v) is 9.45. The minimum absolute atomic E-state index is 0.0974. The van der Waals surface area contributed by atoms with Crippen LogP contribution in [0.4, 0.5) is 5.69 Å². The lowest BCUT2D eigenvalue weighted by molar-refractivity contribution is -0.123. The van der Waals surface area contributed by atoms with Crippen molar-refractivity contribution in [1.29, 1.82) is 0 Å². The molecule has 7 heteroatoms. The van der Waals surface area contributed by atoms with Gasteiger partial charge in [-0.15, -0.1) is 0 Å². The van der Waals surface area contributed by atoms with Gasteiger partial charge in [0.2, 0.25) is 0 Å². The molecule has 2 aromatic carbocycles. The lowest BCUT2D eigenvalue weighted by Gasteiger charge is -2.30. The third kappa shape index (κ3) is 5.89. The van der Waals surface area contributed by atoms with Crippen molar-refractivity contribution in [2.45, 2.75) is 19.1 Å². The Balaban J connectivity index is 1.37. The van der Waals surface area contributed by atoms with E-state index in [1.54, 1.807) is 12.1 Å². The molecule has 0 radical (unpaired) electrons. The van der Waals surface area contributed by atoms with Gasteiger partial charge in [0.05, 0.1) is 6.10 Å². The Kier molecular flexibility index (Phi) is 6.98. The quantitative estimate of drug-likeness (QED) is 0.521. The van der Waals surface area contributed by atoms with E-state index in [2.05, 4.69) is 46.0 Å². The van der Waals surface area contributed by atoms with Crippen LogP contribution >= 0.6 is 12.8 Å².